The van der Waals surface area contributed by atoms with E-state index in [1.54, 1.807) is 100 Å². The van der Waals surface area contributed by atoms with Crippen molar-refractivity contribution in [2.75, 3.05) is 69.3 Å². The number of amides is 4. The van der Waals surface area contributed by atoms with Crippen LogP contribution in [0.5, 0.6) is 11.5 Å². The van der Waals surface area contributed by atoms with E-state index in [0.29, 0.717) is 62.7 Å². The average Bonchev–Trinajstić information content (AvgIpc) is 1.63. The first-order valence-electron chi connectivity index (χ1n) is 36.4. The third kappa shape index (κ3) is 19.0. The van der Waals surface area contributed by atoms with Gasteiger partial charge in [-0.15, -0.1) is 34.0 Å². The lowest BCUT2D eigenvalue weighted by Crippen LogP contribution is -2.25. The van der Waals surface area contributed by atoms with Crippen molar-refractivity contribution >= 4 is 146 Å². The number of rotatable bonds is 16. The summed E-state index contributed by atoms with van der Waals surface area (Å²) in [7, 11) is 9.41. The van der Waals surface area contributed by atoms with Crippen LogP contribution in [0.1, 0.15) is 85.9 Å². The molecule has 0 spiro atoms. The molecule has 0 bridgehead atoms. The number of nitrogens with zero attached hydrogens (tertiary/aromatic N) is 5. The Morgan fingerprint density at radius 3 is 1.30 bits per heavy atom. The fraction of sp³-hybridized carbons (Fsp3) is 0.165. The highest BCUT2D eigenvalue weighted by Gasteiger charge is 2.43. The van der Waals surface area contributed by atoms with E-state index >= 15 is 0 Å². The van der Waals surface area contributed by atoms with Crippen molar-refractivity contribution in [1.29, 1.82) is 0 Å². The third-order valence-corrected chi connectivity index (χ3v) is 21.5. The number of carbonyl (C=O) groups excluding carboxylic acids is 10. The van der Waals surface area contributed by atoms with Crippen LogP contribution in [0.25, 0.3) is 30.4 Å². The van der Waals surface area contributed by atoms with Crippen LogP contribution in [0.3, 0.4) is 0 Å². The number of benzene rings is 5. The largest absolute Gasteiger partial charge is 0.504 e. The Morgan fingerprint density at radius 2 is 0.840 bits per heavy atom. The maximum absolute atomic E-state index is 14.3. The summed E-state index contributed by atoms with van der Waals surface area (Å²) >= 11 is 4.51. The van der Waals surface area contributed by atoms with E-state index in [1.165, 1.54) is 159 Å². The first kappa shape index (κ1) is 87.4. The molecule has 1 N–H and O–H groups in total. The number of hydrogen-bond acceptors (Lipinski definition) is 22. The van der Waals surface area contributed by atoms with Crippen LogP contribution in [0.2, 0.25) is 0 Å². The molecule has 5 aliphatic rings. The van der Waals surface area contributed by atoms with Crippen LogP contribution in [0.4, 0.5) is 31.5 Å². The van der Waals surface area contributed by atoms with Gasteiger partial charge in [0.15, 0.2) is 11.5 Å². The van der Waals surface area contributed by atoms with Crippen LogP contribution in [-0.4, -0.2) is 119 Å². The van der Waals surface area contributed by atoms with Crippen molar-refractivity contribution in [2.45, 2.75) is 54.4 Å². The summed E-state index contributed by atoms with van der Waals surface area (Å²) in [5.41, 5.74) is 8.20. The maximum atomic E-state index is 14.3. The van der Waals surface area contributed by atoms with Crippen LogP contribution in [-0.2, 0) is 71.6 Å². The topological polar surface area (TPSA) is 276 Å². The van der Waals surface area contributed by atoms with E-state index in [1.807, 2.05) is 107 Å². The minimum atomic E-state index is -0.738. The molecule has 0 unspecified atom stereocenters. The lowest BCUT2D eigenvalue weighted by atomic mass is 10.0. The van der Waals surface area contributed by atoms with Gasteiger partial charge in [0.05, 0.1) is 105 Å². The first-order chi connectivity index (χ1) is 57.0. The molecule has 0 radical (unpaired) electrons. The van der Waals surface area contributed by atoms with Crippen LogP contribution in [0, 0.1) is 11.6 Å². The van der Waals surface area contributed by atoms with Gasteiger partial charge in [0, 0.05) is 72.8 Å². The zero-order valence-corrected chi connectivity index (χ0v) is 69.5. The molecule has 9 heterocycles. The Balaban J connectivity index is 0.000000157. The number of anilines is 4. The number of hydrogen-bond donors (Lipinski definition) is 1. The molecular formula is C91H81F2N5O18S3. The summed E-state index contributed by atoms with van der Waals surface area (Å²) in [6.07, 6.45) is 9.65. The van der Waals surface area contributed by atoms with Gasteiger partial charge in [-0.2, -0.15) is 0 Å². The number of phenols is 1. The maximum Gasteiger partial charge on any atom is 0.343 e. The van der Waals surface area contributed by atoms with E-state index < -0.39 is 47.4 Å². The van der Waals surface area contributed by atoms with Crippen LogP contribution >= 0.6 is 34.0 Å². The van der Waals surface area contributed by atoms with E-state index in [2.05, 4.69) is 13.8 Å². The smallest absolute Gasteiger partial charge is 0.343 e. The molecule has 5 aromatic carbocycles. The van der Waals surface area contributed by atoms with Gasteiger partial charge in [-0.05, 0) is 190 Å². The Labute approximate surface area is 696 Å². The van der Waals surface area contributed by atoms with Crippen molar-refractivity contribution < 1.29 is 94.7 Å². The number of Topliss-reactive ketones (excluding diaryl/α,β-unsaturated/α-hetero) is 1. The second-order valence-electron chi connectivity index (χ2n) is 26.4. The molecule has 0 saturated heterocycles. The summed E-state index contributed by atoms with van der Waals surface area (Å²) in [4.78, 5) is 135. The Hall–Kier alpha value is -14.0. The van der Waals surface area contributed by atoms with E-state index in [0.717, 1.165) is 25.2 Å². The lowest BCUT2D eigenvalue weighted by molar-refractivity contribution is -0.138. The zero-order chi connectivity index (χ0) is 86.2. The average molecular weight is 1670 g/mol. The number of furan rings is 1. The summed E-state index contributed by atoms with van der Waals surface area (Å²) in [6.45, 7) is 12.7. The second kappa shape index (κ2) is 39.1. The summed E-state index contributed by atoms with van der Waals surface area (Å²) in [5.74, 6) is -4.74. The van der Waals surface area contributed by atoms with Gasteiger partial charge in [-0.1, -0.05) is 86.6 Å². The van der Waals surface area contributed by atoms with Crippen molar-refractivity contribution in [3.8, 4) is 11.5 Å². The molecule has 9 aromatic rings. The molecule has 119 heavy (non-hydrogen) atoms. The van der Waals surface area contributed by atoms with Gasteiger partial charge in [-0.3, -0.25) is 38.7 Å². The summed E-state index contributed by atoms with van der Waals surface area (Å²) in [5, 5.41) is 16.1. The predicted molar refractivity (Wildman–Crippen MR) is 452 cm³/mol. The monoisotopic (exact) mass is 1670 g/mol. The highest BCUT2D eigenvalue weighted by atomic mass is 32.1. The second-order valence-corrected chi connectivity index (χ2v) is 29.4. The molecule has 28 heteroatoms. The molecule has 14 rings (SSSR count). The minimum Gasteiger partial charge on any atom is -0.504 e. The van der Waals surface area contributed by atoms with Gasteiger partial charge in [0.25, 0.3) is 23.6 Å². The quantitative estimate of drug-likeness (QED) is 0.0407. The molecule has 0 aliphatic carbocycles. The van der Waals surface area contributed by atoms with Gasteiger partial charge < -0.3 is 47.7 Å². The summed E-state index contributed by atoms with van der Waals surface area (Å²) < 4.78 is 61.9. The normalized spacial score (nSPS) is 16.3. The fourth-order valence-corrected chi connectivity index (χ4v) is 15.0. The number of halogens is 2. The van der Waals surface area contributed by atoms with Crippen LogP contribution in [0.15, 0.2) is 281 Å². The summed E-state index contributed by atoms with van der Waals surface area (Å²) in [6, 6.07) is 48.1. The molecule has 4 amide bonds. The zero-order valence-electron chi connectivity index (χ0n) is 67.0. The molecule has 0 fully saturated rings. The van der Waals surface area contributed by atoms with Crippen LogP contribution < -0.4 is 24.3 Å². The van der Waals surface area contributed by atoms with Gasteiger partial charge >= 0.3 is 29.8 Å². The molecular weight excluding hydrogens is 1590 g/mol. The number of likely N-dealkylation sites (N-methyl/N-ethyl adjacent to an activating group) is 1. The van der Waals surface area contributed by atoms with Gasteiger partial charge in [-0.25, -0.2) is 32.8 Å². The minimum absolute atomic E-state index is 0.00188. The number of methoxy groups -OCH3 is 6. The number of ether oxygens (including phenoxy) is 6. The number of aromatic hydroxyl groups is 1. The fourth-order valence-electron chi connectivity index (χ4n) is 13.1. The van der Waals surface area contributed by atoms with Crippen molar-refractivity contribution in [3.63, 3.8) is 0 Å². The highest BCUT2D eigenvalue weighted by molar-refractivity contribution is 7.11. The number of ketones is 1. The first-order valence-corrected chi connectivity index (χ1v) is 39.1. The highest BCUT2D eigenvalue weighted by Crippen LogP contribution is 2.43. The standard InChI is InChI=1S/C21H18FNO5.C21H21NO4.C18H14FNO3S.C18H15NO3S.C13H13NO3S/c1-12-18(21(26)28-3)14(11-13-7-6-10-17(27-2)19(13)24)20(25)23(12)16-9-5-4-8-15(16)22;1-13(2)15-7-9-16(10-8-15)22-14(3)19(21(24)25-4)18(20(22)23)12-17-6-5-11-26-17;1-11-16(18(22)23-2)15(10-14-4-3-9-24-14)17(21)20(11)13-7-5-12(19)6-8-13;1-12-16(18(21)22-2)17(20)15(11-14-9-6-10-23-14)19(12)13-7-4-3-5-8-13;1-8-11(13(16)17-3)10(12(15)14(8)2)7-9-5-4-6-18-9/h4-11,24H,1-3H3;5-13H,1-4H3;3-10H,1-2H3;3-11H,1-2H3;4-7H,1-3H3/b14-11-;18-12-;15-10-;15-11+;10-7-. The number of allylic oxidation sites excluding steroid dienone is 6. The number of thiophene rings is 3. The van der Waals surface area contributed by atoms with E-state index in [9.17, 15) is 61.8 Å². The van der Waals surface area contributed by atoms with Gasteiger partial charge in [0.1, 0.15) is 23.0 Å². The number of para-hydroxylation sites is 3. The predicted octanol–water partition coefficient (Wildman–Crippen LogP) is 17.1. The lowest BCUT2D eigenvalue weighted by Gasteiger charge is -2.21. The van der Waals surface area contributed by atoms with Crippen molar-refractivity contribution in [2.24, 2.45) is 0 Å². The third-order valence-electron chi connectivity index (χ3n) is 19.1. The van der Waals surface area contributed by atoms with Crippen molar-refractivity contribution in [3.05, 3.63) is 320 Å². The SMILES string of the molecule is COC(=O)C1=C(C)N(C)C(=O)/C1=C\c1cccs1.COC(=O)C1=C(C)N(c2ccc(C(C)C)cc2)C(=O)/C1=C\c1ccco1.COC(=O)C1=C(C)N(c2ccc(F)cc2)C(=O)/C1=C\c1cccs1.COC(=O)C1=C(C)N(c2ccccc2)/C(=C/c2cccs2)C1=O.COC(=O)C1=C(C)N(c2ccccc2F)C(=O)/C1=C\c1cccc(OC)c1O. The van der Waals surface area contributed by atoms with Gasteiger partial charge in [0.2, 0.25) is 5.78 Å². The Kier molecular flexibility index (Phi) is 28.7. The molecule has 610 valence electrons. The number of esters is 5. The molecule has 23 nitrogen and oxygen atoms in total. The Morgan fingerprint density at radius 1 is 0.420 bits per heavy atom. The molecule has 0 atom stereocenters. The number of carbonyl (C=O) groups is 10. The van der Waals surface area contributed by atoms with E-state index in [4.69, 9.17) is 32.8 Å². The molecule has 5 aliphatic heterocycles. The van der Waals surface area contributed by atoms with E-state index in [-0.39, 0.29) is 91.0 Å². The number of phenolic OH excluding ortho intramolecular Hbond substituents is 1. The molecule has 0 saturated carbocycles. The van der Waals surface area contributed by atoms with Crippen molar-refractivity contribution in [1.82, 2.24) is 4.90 Å². The molecule has 4 aromatic heterocycles. The Bertz CT molecular complexity index is 5750.